The summed E-state index contributed by atoms with van der Waals surface area (Å²) in [5, 5.41) is 82.0. The normalized spacial score (nSPS) is 26.8. The minimum atomic E-state index is -1.71. The van der Waals surface area contributed by atoms with Crippen LogP contribution in [0.2, 0.25) is 0 Å². The quantitative estimate of drug-likeness (QED) is 0.0281. The number of methoxy groups -OCH3 is 1. The van der Waals surface area contributed by atoms with E-state index >= 15 is 0 Å². The van der Waals surface area contributed by atoms with Gasteiger partial charge in [0.2, 0.25) is 0 Å². The van der Waals surface area contributed by atoms with E-state index < -0.39 is 177 Å². The number of hydrogen-bond acceptors (Lipinski definition) is 25. The summed E-state index contributed by atoms with van der Waals surface area (Å²) in [6.45, 7) is 16.5. The minimum Gasteiger partial charge on any atom is -0.388 e. The van der Waals surface area contributed by atoms with Crippen molar-refractivity contribution >= 4 is 88.1 Å². The number of ketones is 4. The van der Waals surface area contributed by atoms with Crippen LogP contribution in [0.15, 0.2) is 58.3 Å². The number of Topliss-reactive ketones (excluding diaryl/α,β-unsaturated/α-hetero) is 4. The molecular weight excluding hydrogens is 1430 g/mol. The van der Waals surface area contributed by atoms with Crippen molar-refractivity contribution < 1.29 is 83.7 Å². The number of hydrogen-bond donors (Lipinski definition) is 12. The molecule has 4 fully saturated rings. The molecular formula is C65H102N8O24P4S. The van der Waals surface area contributed by atoms with Crippen molar-refractivity contribution in [2.75, 3.05) is 85.1 Å². The number of H-pyrrole nitrogens is 4. The van der Waals surface area contributed by atoms with Crippen LogP contribution in [0.4, 0.5) is 0 Å². The van der Waals surface area contributed by atoms with Crippen LogP contribution < -0.4 is 39.3 Å². The maximum absolute atomic E-state index is 12.3. The van der Waals surface area contributed by atoms with Gasteiger partial charge >= 0.3 is 17.1 Å². The lowest BCUT2D eigenvalue weighted by molar-refractivity contribution is -0.125. The van der Waals surface area contributed by atoms with Crippen molar-refractivity contribution in [2.45, 2.75) is 177 Å². The first-order valence-electron chi connectivity index (χ1n) is 32.6. The number of aliphatic hydroxyl groups is 8. The second kappa shape index (κ2) is 36.2. The second-order valence-electron chi connectivity index (χ2n) is 29.1. The lowest BCUT2D eigenvalue weighted by Gasteiger charge is -2.20. The molecule has 17 atom stereocenters. The molecule has 4 aromatic rings. The molecule has 0 bridgehead atoms. The van der Waals surface area contributed by atoms with Gasteiger partial charge in [0.15, 0.2) is 35.5 Å². The molecule has 4 aliphatic rings. The fourth-order valence-corrected chi connectivity index (χ4v) is 15.4. The van der Waals surface area contributed by atoms with Gasteiger partial charge in [-0.1, -0.05) is 0 Å². The zero-order valence-corrected chi connectivity index (χ0v) is 64.2. The van der Waals surface area contributed by atoms with Crippen molar-refractivity contribution in [2.24, 2.45) is 0 Å². The molecule has 32 nitrogen and oxygen atoms in total. The summed E-state index contributed by atoms with van der Waals surface area (Å²) in [4.78, 5) is 138. The first kappa shape index (κ1) is 87.1. The van der Waals surface area contributed by atoms with Crippen LogP contribution in [0, 0.1) is 4.77 Å². The van der Waals surface area contributed by atoms with Gasteiger partial charge < -0.3 is 64.5 Å². The summed E-state index contributed by atoms with van der Waals surface area (Å²) < 4.78 is 33.0. The third-order valence-electron chi connectivity index (χ3n) is 16.9. The van der Waals surface area contributed by atoms with Gasteiger partial charge in [-0.15, -0.1) is 52.7 Å². The smallest absolute Gasteiger partial charge is 0.330 e. The number of aliphatic hydroxyl groups excluding tert-OH is 8. The average Bonchev–Trinajstić information content (AvgIpc) is 1.60. The SMILES string of the molecule is C=P(C)(C)CC[C@H]1OC(n2cc(C(O)C(C)=O)c(=O)[nH]c2=O)[C@H](O)[C@@H]1O.C=P(C)(C)CC[C@H]1OC(n2cc(CC(C)=O)c(=O)[nH]c2=O)[C@H](O)[C@@H]1O.C=P(C)(C)CC[C@H]1OC(n2cc(CC(C)=O)c(=O)[nH]c2=O)[C@H](OC)[C@@H]1O.C=P(C)(C)CC[C@H]1OC(n2cc(CC(C)=O)c(=O)[nH]c2=S)[C@H](O)[C@@H]1O. The van der Waals surface area contributed by atoms with E-state index in [-0.39, 0.29) is 63.6 Å². The Morgan fingerprint density at radius 3 is 1.04 bits per heavy atom. The molecule has 0 aromatic carbocycles. The molecule has 0 spiro atoms. The molecule has 0 amide bonds. The number of nitrogens with one attached hydrogen (secondary N) is 4. The van der Waals surface area contributed by atoms with Gasteiger partial charge in [-0.05, 0) is 144 Å². The van der Waals surface area contributed by atoms with E-state index in [2.05, 4.69) is 80.1 Å². The van der Waals surface area contributed by atoms with Crippen molar-refractivity contribution in [3.05, 3.63) is 125 Å². The lowest BCUT2D eigenvalue weighted by atomic mass is 10.1. The molecule has 0 radical (unpaired) electrons. The first-order chi connectivity index (χ1) is 46.9. The number of carbonyl (C=O) groups excluding carboxylic acids is 4. The van der Waals surface area contributed by atoms with E-state index in [0.717, 1.165) is 46.9 Å². The Labute approximate surface area is 594 Å². The van der Waals surface area contributed by atoms with Crippen molar-refractivity contribution in [3.8, 4) is 0 Å². The minimum absolute atomic E-state index is 0.0417. The standard InChI is InChI=1S/C17H27N2O6P.C16H25N2O7P.C16H25N2O6P.C16H25N2O5PS/c1-10(20)8-11-9-19(17(23)18-15(11)22)16-14(24-2)13(21)12(25-16)6-7-26(3,4)5;1-8(19)11(20)9-7-18(16(24)17-14(9)23)15-13(22)12(21)10(25-15)5-6-26(2,3)4;1-9(19)7-10-8-18(16(23)17-14(10)22)15-13(21)12(20)11(24-15)5-6-25(2,3)4;1-9(19)7-10-8-18(16(25)17-14(10)22)15-13(21)12(20)11(23-15)5-6-24(2,3)4/h9,12-14,16,21H,3,6-8H2,1-2,4-5H3,(H,18,22,23);7,10-13,15,20-22H,2,5-6H2,1,3-4H3,(H,17,23,24);8,11-13,15,20-21H,2,5-7H2,1,3-4H3,(H,17,22,23);8,11-13,15,20-21H,2,5-7H2,1,3-4H3,(H,17,22,25)/t12-,13-,14-,16?;10-,11?,12-,13-,15?;2*11-,12-,13-,15?/m1111/s1. The fraction of sp³-hybridized carbons (Fsp3) is 0.631. The van der Waals surface area contributed by atoms with Crippen molar-refractivity contribution in [1.29, 1.82) is 0 Å². The molecule has 0 saturated carbocycles. The number of nitrogens with zero attached hydrogens (tertiary/aromatic N) is 4. The van der Waals surface area contributed by atoms with E-state index in [9.17, 15) is 93.6 Å². The number of carbonyl (C=O) groups is 4. The Balaban J connectivity index is 0.000000245. The van der Waals surface area contributed by atoms with Crippen LogP contribution in [0.25, 0.3) is 0 Å². The van der Waals surface area contributed by atoms with Crippen LogP contribution in [-0.2, 0) is 62.1 Å². The highest BCUT2D eigenvalue weighted by molar-refractivity contribution is 7.73. The Bertz CT molecular complexity index is 4240. The summed E-state index contributed by atoms with van der Waals surface area (Å²) in [7, 11) is 1.43. The Morgan fingerprint density at radius 1 is 0.451 bits per heavy atom. The van der Waals surface area contributed by atoms with Gasteiger partial charge in [-0.25, -0.2) is 14.4 Å². The summed E-state index contributed by atoms with van der Waals surface area (Å²) in [5.41, 5.74) is -4.74. The van der Waals surface area contributed by atoms with Crippen molar-refractivity contribution in [3.63, 3.8) is 0 Å². The zero-order valence-electron chi connectivity index (χ0n) is 59.8. The molecule has 4 saturated heterocycles. The molecule has 8 rings (SSSR count). The third-order valence-corrected chi connectivity index (χ3v) is 23.1. The van der Waals surface area contributed by atoms with Gasteiger partial charge in [0.1, 0.15) is 72.3 Å². The average molecular weight is 1540 g/mol. The topological polar surface area (TPSA) is 479 Å². The van der Waals surface area contributed by atoms with E-state index in [0.29, 0.717) is 25.7 Å². The van der Waals surface area contributed by atoms with Crippen molar-refractivity contribution in [1.82, 2.24) is 38.2 Å². The van der Waals surface area contributed by atoms with E-state index in [1.807, 2.05) is 18.3 Å². The highest BCUT2D eigenvalue weighted by atomic mass is 32.1. The molecule has 102 heavy (non-hydrogen) atoms. The predicted octanol–water partition coefficient (Wildman–Crippen LogP) is -0.939. The fourth-order valence-electron chi connectivity index (χ4n) is 11.4. The van der Waals surface area contributed by atoms with E-state index in [1.54, 1.807) is 0 Å². The van der Waals surface area contributed by atoms with Crippen LogP contribution in [0.5, 0.6) is 0 Å². The highest BCUT2D eigenvalue weighted by Gasteiger charge is 2.48. The number of aromatic nitrogens is 8. The Kier molecular flexibility index (Phi) is 30.9. The largest absolute Gasteiger partial charge is 0.388 e. The maximum atomic E-state index is 12.3. The Hall–Kier alpha value is -5.50. The third kappa shape index (κ3) is 24.3. The first-order valence-corrected chi connectivity index (χ1v) is 45.2. The molecule has 5 unspecified atom stereocenters. The predicted molar refractivity (Wildman–Crippen MR) is 399 cm³/mol. The Morgan fingerprint density at radius 2 is 0.725 bits per heavy atom. The molecule has 12 N–H and O–H groups in total. The van der Waals surface area contributed by atoms with Crippen LogP contribution in [0.1, 0.15) is 107 Å². The van der Waals surface area contributed by atoms with Gasteiger partial charge in [-0.3, -0.25) is 76.6 Å². The summed E-state index contributed by atoms with van der Waals surface area (Å²) in [5.74, 6) is -1.27. The molecule has 4 aliphatic heterocycles. The number of ether oxygens (including phenoxy) is 5. The summed E-state index contributed by atoms with van der Waals surface area (Å²) in [6.07, 6.45) is 9.18. The lowest BCUT2D eigenvalue weighted by Crippen LogP contribution is -2.39. The van der Waals surface area contributed by atoms with Crippen LogP contribution >= 0.6 is 39.8 Å². The van der Waals surface area contributed by atoms with Gasteiger partial charge in [0.05, 0.1) is 30.0 Å². The monoisotopic (exact) mass is 1530 g/mol. The van der Waals surface area contributed by atoms with E-state index in [4.69, 9.17) is 35.9 Å². The summed E-state index contributed by atoms with van der Waals surface area (Å²) in [6, 6.07) is 0. The second-order valence-corrected chi connectivity index (χ2v) is 46.7. The molecule has 0 aliphatic carbocycles. The molecule has 4 aromatic heterocycles. The van der Waals surface area contributed by atoms with Gasteiger partial charge in [-0.2, -0.15) is 0 Å². The zero-order chi connectivity index (χ0) is 77.3. The molecule has 8 heterocycles. The van der Waals surface area contributed by atoms with Gasteiger partial charge in [0.25, 0.3) is 22.2 Å². The van der Waals surface area contributed by atoms with Gasteiger partial charge in [0, 0.05) is 67.8 Å². The van der Waals surface area contributed by atoms with Crippen LogP contribution in [-0.4, -0.2) is 286 Å². The van der Waals surface area contributed by atoms with Crippen LogP contribution in [0.3, 0.4) is 0 Å². The summed E-state index contributed by atoms with van der Waals surface area (Å²) >= 11 is 5.15. The number of rotatable bonds is 25. The highest BCUT2D eigenvalue weighted by Crippen LogP contribution is 2.43. The molecule has 37 heteroatoms. The number of aromatic amines is 4. The maximum Gasteiger partial charge on any atom is 0.330 e. The van der Waals surface area contributed by atoms with E-state index in [1.165, 1.54) is 55.6 Å². The molecule has 572 valence electrons.